The molecule has 0 aliphatic heterocycles. The van der Waals surface area contributed by atoms with E-state index in [1.165, 1.54) is 6.42 Å². The zero-order valence-electron chi connectivity index (χ0n) is 10.9. The summed E-state index contributed by atoms with van der Waals surface area (Å²) in [4.78, 5) is 4.17. The van der Waals surface area contributed by atoms with Gasteiger partial charge in [0.1, 0.15) is 11.5 Å². The van der Waals surface area contributed by atoms with Gasteiger partial charge < -0.3 is 4.57 Å². The molecule has 1 aliphatic rings. The van der Waals surface area contributed by atoms with Crippen LogP contribution in [-0.4, -0.2) is 9.55 Å². The third-order valence-corrected chi connectivity index (χ3v) is 3.32. The summed E-state index contributed by atoms with van der Waals surface area (Å²) in [6, 6.07) is 0.368. The number of nitrogens with zero attached hydrogens (tertiary/aromatic N) is 2. The van der Waals surface area contributed by atoms with Crippen LogP contribution in [0.1, 0.15) is 64.5 Å². The molecule has 0 N–H and O–H groups in total. The molecule has 1 heterocycles. The number of aromatic nitrogens is 2. The van der Waals surface area contributed by atoms with E-state index >= 15 is 0 Å². The first-order valence-corrected chi connectivity index (χ1v) is 6.17. The lowest BCUT2D eigenvalue weighted by atomic mass is 9.90. The second kappa shape index (κ2) is 3.79. The topological polar surface area (TPSA) is 17.8 Å². The third-order valence-electron chi connectivity index (χ3n) is 3.32. The molecule has 0 unspecified atom stereocenters. The van der Waals surface area contributed by atoms with E-state index in [9.17, 15) is 8.78 Å². The standard InChI is InChI=1S/C13H20F2N2/c1-12(2,3)11-16-10(13(4,14)15)8-17(11)9-6-5-7-9/h8-9H,5-7H2,1-4H3. The fourth-order valence-corrected chi connectivity index (χ4v) is 2.10. The van der Waals surface area contributed by atoms with Crippen molar-refractivity contribution in [2.24, 2.45) is 0 Å². The fourth-order valence-electron chi connectivity index (χ4n) is 2.10. The van der Waals surface area contributed by atoms with Crippen molar-refractivity contribution in [2.75, 3.05) is 0 Å². The summed E-state index contributed by atoms with van der Waals surface area (Å²) in [6.07, 6.45) is 4.89. The molecular weight excluding hydrogens is 222 g/mol. The van der Waals surface area contributed by atoms with E-state index in [-0.39, 0.29) is 11.1 Å². The molecule has 2 rings (SSSR count). The van der Waals surface area contributed by atoms with Gasteiger partial charge in [0.05, 0.1) is 0 Å². The Bertz CT molecular complexity index is 406. The fraction of sp³-hybridized carbons (Fsp3) is 0.769. The van der Waals surface area contributed by atoms with Crippen LogP contribution in [-0.2, 0) is 11.3 Å². The Morgan fingerprint density at radius 3 is 2.18 bits per heavy atom. The molecule has 96 valence electrons. The van der Waals surface area contributed by atoms with Gasteiger partial charge in [0.25, 0.3) is 5.92 Å². The van der Waals surface area contributed by atoms with Crippen LogP contribution in [0.5, 0.6) is 0 Å². The summed E-state index contributed by atoms with van der Waals surface area (Å²) >= 11 is 0. The maximum atomic E-state index is 13.3. The van der Waals surface area contributed by atoms with Gasteiger partial charge >= 0.3 is 0 Å². The van der Waals surface area contributed by atoms with E-state index in [2.05, 4.69) is 4.98 Å². The minimum Gasteiger partial charge on any atom is -0.331 e. The molecule has 4 heteroatoms. The van der Waals surface area contributed by atoms with E-state index in [0.717, 1.165) is 25.6 Å². The van der Waals surface area contributed by atoms with Crippen LogP contribution in [0.4, 0.5) is 8.78 Å². The van der Waals surface area contributed by atoms with Crippen molar-refractivity contribution < 1.29 is 8.78 Å². The number of hydrogen-bond donors (Lipinski definition) is 0. The Kier molecular flexibility index (Phi) is 2.79. The van der Waals surface area contributed by atoms with Crippen LogP contribution in [0, 0.1) is 0 Å². The highest BCUT2D eigenvalue weighted by Gasteiger charge is 2.34. The lowest BCUT2D eigenvalue weighted by Gasteiger charge is -2.31. The molecule has 1 saturated carbocycles. The highest BCUT2D eigenvalue weighted by Crippen LogP contribution is 2.38. The first-order chi connectivity index (χ1) is 7.69. The highest BCUT2D eigenvalue weighted by molar-refractivity contribution is 5.16. The Morgan fingerprint density at radius 1 is 1.24 bits per heavy atom. The quantitative estimate of drug-likeness (QED) is 0.766. The minimum absolute atomic E-state index is 0.102. The molecule has 0 amide bonds. The molecule has 2 nitrogen and oxygen atoms in total. The lowest BCUT2D eigenvalue weighted by molar-refractivity contribution is 0.0128. The molecule has 17 heavy (non-hydrogen) atoms. The first-order valence-electron chi connectivity index (χ1n) is 6.17. The predicted octanol–water partition coefficient (Wildman–Crippen LogP) is 4.02. The molecule has 1 fully saturated rings. The SMILES string of the molecule is CC(C)(C)c1nc(C(C)(F)F)cn1C1CCC1. The Balaban J connectivity index is 2.44. The van der Waals surface area contributed by atoms with E-state index in [1.54, 1.807) is 6.20 Å². The van der Waals surface area contributed by atoms with Gasteiger partial charge in [-0.25, -0.2) is 4.98 Å². The van der Waals surface area contributed by atoms with E-state index < -0.39 is 5.92 Å². The summed E-state index contributed by atoms with van der Waals surface area (Å²) in [6.45, 7) is 6.96. The Labute approximate surface area is 101 Å². The van der Waals surface area contributed by atoms with Gasteiger partial charge in [0.15, 0.2) is 0 Å². The summed E-state index contributed by atoms with van der Waals surface area (Å²) in [7, 11) is 0. The van der Waals surface area contributed by atoms with E-state index in [0.29, 0.717) is 6.04 Å². The van der Waals surface area contributed by atoms with Gasteiger partial charge in [-0.1, -0.05) is 20.8 Å². The van der Waals surface area contributed by atoms with Crippen molar-refractivity contribution in [1.29, 1.82) is 0 Å². The van der Waals surface area contributed by atoms with Gasteiger partial charge in [-0.05, 0) is 19.3 Å². The lowest BCUT2D eigenvalue weighted by Crippen LogP contribution is -2.25. The van der Waals surface area contributed by atoms with Gasteiger partial charge in [-0.15, -0.1) is 0 Å². The third kappa shape index (κ3) is 2.35. The molecule has 1 aliphatic carbocycles. The molecule has 0 bridgehead atoms. The molecule has 0 saturated heterocycles. The maximum Gasteiger partial charge on any atom is 0.288 e. The van der Waals surface area contributed by atoms with Crippen LogP contribution in [0.3, 0.4) is 0 Å². The van der Waals surface area contributed by atoms with Gasteiger partial charge in [0.2, 0.25) is 0 Å². The average Bonchev–Trinajstić information content (AvgIpc) is 2.42. The van der Waals surface area contributed by atoms with Crippen molar-refractivity contribution >= 4 is 0 Å². The van der Waals surface area contributed by atoms with Gasteiger partial charge in [-0.3, -0.25) is 0 Å². The molecule has 0 spiro atoms. The molecular formula is C13H20F2N2. The number of hydrogen-bond acceptors (Lipinski definition) is 1. The van der Waals surface area contributed by atoms with Gasteiger partial charge in [0, 0.05) is 24.6 Å². The molecule has 1 aromatic rings. The van der Waals surface area contributed by atoms with Crippen LogP contribution >= 0.6 is 0 Å². The van der Waals surface area contributed by atoms with Crippen LogP contribution in [0.15, 0.2) is 6.20 Å². The van der Waals surface area contributed by atoms with Gasteiger partial charge in [-0.2, -0.15) is 8.78 Å². The van der Waals surface area contributed by atoms with Crippen LogP contribution < -0.4 is 0 Å². The summed E-state index contributed by atoms with van der Waals surface area (Å²) < 4.78 is 28.7. The molecule has 0 radical (unpaired) electrons. The summed E-state index contributed by atoms with van der Waals surface area (Å²) in [5, 5.41) is 0. The van der Waals surface area contributed by atoms with Crippen LogP contribution in [0.2, 0.25) is 0 Å². The monoisotopic (exact) mass is 242 g/mol. The number of alkyl halides is 2. The van der Waals surface area contributed by atoms with Crippen molar-refractivity contribution in [3.63, 3.8) is 0 Å². The average molecular weight is 242 g/mol. The van der Waals surface area contributed by atoms with Crippen molar-refractivity contribution in [2.45, 2.75) is 64.3 Å². The molecule has 0 aromatic carbocycles. The highest BCUT2D eigenvalue weighted by atomic mass is 19.3. The molecule has 0 atom stereocenters. The van der Waals surface area contributed by atoms with Crippen molar-refractivity contribution in [1.82, 2.24) is 9.55 Å². The smallest absolute Gasteiger partial charge is 0.288 e. The largest absolute Gasteiger partial charge is 0.331 e. The van der Waals surface area contributed by atoms with E-state index in [1.807, 2.05) is 25.3 Å². The minimum atomic E-state index is -2.85. The Hall–Kier alpha value is -0.930. The van der Waals surface area contributed by atoms with Crippen LogP contribution in [0.25, 0.3) is 0 Å². The zero-order valence-corrected chi connectivity index (χ0v) is 10.9. The predicted molar refractivity (Wildman–Crippen MR) is 63.4 cm³/mol. The van der Waals surface area contributed by atoms with Crippen molar-refractivity contribution in [3.8, 4) is 0 Å². The number of imidazole rings is 1. The summed E-state index contributed by atoms with van der Waals surface area (Å²) in [5.41, 5.74) is -0.298. The zero-order chi connectivity index (χ0) is 12.8. The summed E-state index contributed by atoms with van der Waals surface area (Å²) in [5.74, 6) is -2.08. The Morgan fingerprint density at radius 2 is 1.82 bits per heavy atom. The molecule has 1 aromatic heterocycles. The van der Waals surface area contributed by atoms with E-state index in [4.69, 9.17) is 0 Å². The first kappa shape index (κ1) is 12.5. The van der Waals surface area contributed by atoms with Crippen molar-refractivity contribution in [3.05, 3.63) is 17.7 Å². The number of rotatable bonds is 2. The second-order valence-electron chi connectivity index (χ2n) is 6.08. The maximum absolute atomic E-state index is 13.3. The number of halogens is 2. The second-order valence-corrected chi connectivity index (χ2v) is 6.08. The normalized spacial score (nSPS) is 18.2.